The maximum Gasteiger partial charge on any atom is 0.148 e. The van der Waals surface area contributed by atoms with Crippen LogP contribution in [0.5, 0.6) is 0 Å². The predicted molar refractivity (Wildman–Crippen MR) is 66.2 cm³/mol. The Kier molecular flexibility index (Phi) is 3.03. The van der Waals surface area contributed by atoms with Crippen molar-refractivity contribution in [2.45, 2.75) is 26.7 Å². The molecule has 0 spiro atoms. The fraction of sp³-hybridized carbons (Fsp3) is 0.538. The third-order valence-corrected chi connectivity index (χ3v) is 3.47. The van der Waals surface area contributed by atoms with Crippen LogP contribution < -0.4 is 10.6 Å². The van der Waals surface area contributed by atoms with E-state index in [1.54, 1.807) is 6.07 Å². The monoisotopic (exact) mass is 222 g/mol. The van der Waals surface area contributed by atoms with Crippen molar-refractivity contribution >= 4 is 11.4 Å². The molecule has 1 aliphatic heterocycles. The van der Waals surface area contributed by atoms with Crippen LogP contribution in [0, 0.1) is 18.7 Å². The summed E-state index contributed by atoms with van der Waals surface area (Å²) in [6.07, 6.45) is 2.37. The molecule has 2 N–H and O–H groups in total. The number of rotatable bonds is 1. The lowest BCUT2D eigenvalue weighted by Gasteiger charge is -2.32. The molecule has 1 aromatic carbocycles. The van der Waals surface area contributed by atoms with Crippen LogP contribution in [0.3, 0.4) is 0 Å². The molecule has 0 saturated carbocycles. The molecule has 2 nitrogen and oxygen atoms in total. The van der Waals surface area contributed by atoms with Crippen LogP contribution in [0.25, 0.3) is 0 Å². The molecule has 1 aromatic rings. The largest absolute Gasteiger partial charge is 0.396 e. The van der Waals surface area contributed by atoms with Gasteiger partial charge in [0.05, 0.1) is 5.69 Å². The van der Waals surface area contributed by atoms with Crippen LogP contribution in [0.15, 0.2) is 12.1 Å². The molecule has 0 amide bonds. The lowest BCUT2D eigenvalue weighted by atomic mass is 9.98. The molecule has 88 valence electrons. The SMILES string of the molecule is Cc1cc(N2CCC(C)CC2)cc(F)c1N. The van der Waals surface area contributed by atoms with Crippen LogP contribution in [0.1, 0.15) is 25.3 Å². The Bertz CT molecular complexity index is 359. The summed E-state index contributed by atoms with van der Waals surface area (Å²) < 4.78 is 13.5. The molecule has 16 heavy (non-hydrogen) atoms. The molecule has 0 aromatic heterocycles. The Balaban J connectivity index is 2.21. The minimum Gasteiger partial charge on any atom is -0.396 e. The van der Waals surface area contributed by atoms with Gasteiger partial charge in [0.15, 0.2) is 0 Å². The highest BCUT2D eigenvalue weighted by molar-refractivity contribution is 5.59. The minimum atomic E-state index is -0.298. The first-order chi connectivity index (χ1) is 7.58. The van der Waals surface area contributed by atoms with Gasteiger partial charge in [0, 0.05) is 18.8 Å². The van der Waals surface area contributed by atoms with Crippen molar-refractivity contribution in [2.24, 2.45) is 5.92 Å². The van der Waals surface area contributed by atoms with E-state index in [1.807, 2.05) is 13.0 Å². The van der Waals surface area contributed by atoms with Crippen molar-refractivity contribution < 1.29 is 4.39 Å². The van der Waals surface area contributed by atoms with E-state index in [9.17, 15) is 4.39 Å². The van der Waals surface area contributed by atoms with Crippen molar-refractivity contribution in [1.29, 1.82) is 0 Å². The molecule has 0 bridgehead atoms. The van der Waals surface area contributed by atoms with E-state index in [0.717, 1.165) is 30.3 Å². The van der Waals surface area contributed by atoms with Crippen molar-refractivity contribution in [2.75, 3.05) is 23.7 Å². The second-order valence-electron chi connectivity index (χ2n) is 4.83. The van der Waals surface area contributed by atoms with Crippen LogP contribution in [-0.4, -0.2) is 13.1 Å². The number of anilines is 2. The maximum absolute atomic E-state index is 13.5. The first-order valence-electron chi connectivity index (χ1n) is 5.88. The predicted octanol–water partition coefficient (Wildman–Crippen LogP) is 2.95. The fourth-order valence-electron chi connectivity index (χ4n) is 2.19. The number of piperidine rings is 1. The molecule has 0 aliphatic carbocycles. The molecule has 1 saturated heterocycles. The van der Waals surface area contributed by atoms with Crippen molar-refractivity contribution in [3.63, 3.8) is 0 Å². The molecule has 0 radical (unpaired) electrons. The van der Waals surface area contributed by atoms with E-state index in [1.165, 1.54) is 12.8 Å². The molecule has 3 heteroatoms. The molecule has 2 rings (SSSR count). The van der Waals surface area contributed by atoms with Crippen LogP contribution in [0.2, 0.25) is 0 Å². The summed E-state index contributed by atoms with van der Waals surface area (Å²) in [4.78, 5) is 2.25. The van der Waals surface area contributed by atoms with Gasteiger partial charge in [-0.1, -0.05) is 6.92 Å². The molecular formula is C13H19FN2. The number of aryl methyl sites for hydroxylation is 1. The summed E-state index contributed by atoms with van der Waals surface area (Å²) in [6.45, 7) is 6.16. The highest BCUT2D eigenvalue weighted by atomic mass is 19.1. The van der Waals surface area contributed by atoms with Gasteiger partial charge in [0.25, 0.3) is 0 Å². The average molecular weight is 222 g/mol. The van der Waals surface area contributed by atoms with Gasteiger partial charge in [-0.25, -0.2) is 4.39 Å². The Morgan fingerprint density at radius 3 is 2.50 bits per heavy atom. The summed E-state index contributed by atoms with van der Waals surface area (Å²) in [5.74, 6) is 0.490. The van der Waals surface area contributed by atoms with Crippen LogP contribution in [0.4, 0.5) is 15.8 Å². The second kappa shape index (κ2) is 4.32. The Morgan fingerprint density at radius 1 is 1.31 bits per heavy atom. The van der Waals surface area contributed by atoms with Crippen molar-refractivity contribution in [1.82, 2.24) is 0 Å². The molecule has 0 unspecified atom stereocenters. The number of nitrogens with zero attached hydrogens (tertiary/aromatic N) is 1. The lowest BCUT2D eigenvalue weighted by molar-refractivity contribution is 0.438. The van der Waals surface area contributed by atoms with Gasteiger partial charge < -0.3 is 10.6 Å². The zero-order chi connectivity index (χ0) is 11.7. The lowest BCUT2D eigenvalue weighted by Crippen LogP contribution is -2.32. The summed E-state index contributed by atoms with van der Waals surface area (Å²) in [6, 6.07) is 3.53. The number of hydrogen-bond acceptors (Lipinski definition) is 2. The van der Waals surface area contributed by atoms with E-state index >= 15 is 0 Å². The van der Waals surface area contributed by atoms with E-state index < -0.39 is 0 Å². The van der Waals surface area contributed by atoms with Crippen LogP contribution >= 0.6 is 0 Å². The second-order valence-corrected chi connectivity index (χ2v) is 4.83. The Hall–Kier alpha value is -1.25. The standard InChI is InChI=1S/C13H19FN2/c1-9-3-5-16(6-4-9)11-7-10(2)13(15)12(14)8-11/h7-9H,3-6,15H2,1-2H3. The Morgan fingerprint density at radius 2 is 1.94 bits per heavy atom. The highest BCUT2D eigenvalue weighted by Gasteiger charge is 2.17. The van der Waals surface area contributed by atoms with Gasteiger partial charge in [-0.3, -0.25) is 0 Å². The third kappa shape index (κ3) is 2.13. The number of nitrogen functional groups attached to an aromatic ring is 1. The first kappa shape index (κ1) is 11.2. The third-order valence-electron chi connectivity index (χ3n) is 3.47. The summed E-state index contributed by atoms with van der Waals surface area (Å²) >= 11 is 0. The fourth-order valence-corrected chi connectivity index (χ4v) is 2.19. The van der Waals surface area contributed by atoms with Gasteiger partial charge in [0.2, 0.25) is 0 Å². The van der Waals surface area contributed by atoms with Gasteiger partial charge in [0.1, 0.15) is 5.82 Å². The molecule has 1 heterocycles. The van der Waals surface area contributed by atoms with Gasteiger partial charge in [-0.05, 0) is 43.4 Å². The van der Waals surface area contributed by atoms with Crippen molar-refractivity contribution in [3.8, 4) is 0 Å². The van der Waals surface area contributed by atoms with Crippen molar-refractivity contribution in [3.05, 3.63) is 23.5 Å². The molecule has 0 atom stereocenters. The number of hydrogen-bond donors (Lipinski definition) is 1. The van der Waals surface area contributed by atoms with E-state index in [2.05, 4.69) is 11.8 Å². The number of benzene rings is 1. The van der Waals surface area contributed by atoms with Gasteiger partial charge in [-0.15, -0.1) is 0 Å². The summed E-state index contributed by atoms with van der Waals surface area (Å²) in [5, 5.41) is 0. The number of halogens is 1. The smallest absolute Gasteiger partial charge is 0.148 e. The summed E-state index contributed by atoms with van der Waals surface area (Å²) in [5.41, 5.74) is 7.68. The molecule has 1 aliphatic rings. The maximum atomic E-state index is 13.5. The van der Waals surface area contributed by atoms with E-state index in [4.69, 9.17) is 5.73 Å². The normalized spacial score (nSPS) is 17.8. The first-order valence-corrected chi connectivity index (χ1v) is 5.88. The number of nitrogens with two attached hydrogens (primary N) is 1. The Labute approximate surface area is 96.2 Å². The minimum absolute atomic E-state index is 0.272. The molecule has 1 fully saturated rings. The van der Waals surface area contributed by atoms with E-state index in [0.29, 0.717) is 0 Å². The highest BCUT2D eigenvalue weighted by Crippen LogP contribution is 2.27. The zero-order valence-corrected chi connectivity index (χ0v) is 9.96. The molecular weight excluding hydrogens is 203 g/mol. The summed E-state index contributed by atoms with van der Waals surface area (Å²) in [7, 11) is 0. The van der Waals surface area contributed by atoms with Crippen LogP contribution in [-0.2, 0) is 0 Å². The zero-order valence-electron chi connectivity index (χ0n) is 9.96. The van der Waals surface area contributed by atoms with Gasteiger partial charge in [-0.2, -0.15) is 0 Å². The topological polar surface area (TPSA) is 29.3 Å². The van der Waals surface area contributed by atoms with Gasteiger partial charge >= 0.3 is 0 Å². The average Bonchev–Trinajstić information content (AvgIpc) is 2.26. The van der Waals surface area contributed by atoms with E-state index in [-0.39, 0.29) is 11.5 Å². The quantitative estimate of drug-likeness (QED) is 0.740.